The highest BCUT2D eigenvalue weighted by atomic mass is 32.2. The molecular weight excluding hydrogens is 522 g/mol. The summed E-state index contributed by atoms with van der Waals surface area (Å²) in [6, 6.07) is 5.40. The SMILES string of the molecule is C=CC(=O)N1CCN(C(=O)c2cc(Sc3cnc(NC(=O)c4ccn(C)c4)s3)c(C)cc2OC)CC1CC. The second-order valence-corrected chi connectivity index (χ2v) is 11.3. The molecule has 1 aliphatic rings. The summed E-state index contributed by atoms with van der Waals surface area (Å²) in [5, 5.41) is 3.34. The van der Waals surface area contributed by atoms with Crippen molar-refractivity contribution in [1.82, 2.24) is 19.4 Å². The first-order chi connectivity index (χ1) is 18.2. The Kier molecular flexibility index (Phi) is 8.58. The molecule has 11 heteroatoms. The van der Waals surface area contributed by atoms with Gasteiger partial charge in [-0.25, -0.2) is 4.98 Å². The van der Waals surface area contributed by atoms with Crippen molar-refractivity contribution >= 4 is 46.0 Å². The smallest absolute Gasteiger partial charge is 0.258 e. The van der Waals surface area contributed by atoms with Crippen LogP contribution in [0.15, 0.2) is 58.5 Å². The van der Waals surface area contributed by atoms with Crippen LogP contribution in [0.5, 0.6) is 5.75 Å². The number of piperazine rings is 1. The lowest BCUT2D eigenvalue weighted by Gasteiger charge is -2.41. The molecule has 4 rings (SSSR count). The summed E-state index contributed by atoms with van der Waals surface area (Å²) >= 11 is 2.85. The summed E-state index contributed by atoms with van der Waals surface area (Å²) < 4.78 is 8.26. The van der Waals surface area contributed by atoms with E-state index in [2.05, 4.69) is 16.9 Å². The minimum Gasteiger partial charge on any atom is -0.496 e. The molecule has 0 bridgehead atoms. The first-order valence-corrected chi connectivity index (χ1v) is 13.8. The van der Waals surface area contributed by atoms with Crippen molar-refractivity contribution in [2.45, 2.75) is 35.4 Å². The van der Waals surface area contributed by atoms with Crippen LogP contribution in [-0.2, 0) is 11.8 Å². The van der Waals surface area contributed by atoms with Gasteiger partial charge in [0, 0.05) is 50.0 Å². The molecule has 0 aliphatic carbocycles. The number of aryl methyl sites for hydroxylation is 2. The van der Waals surface area contributed by atoms with Crippen LogP contribution in [0.2, 0.25) is 0 Å². The molecule has 3 heterocycles. The van der Waals surface area contributed by atoms with Gasteiger partial charge in [0.25, 0.3) is 11.8 Å². The molecule has 1 fully saturated rings. The summed E-state index contributed by atoms with van der Waals surface area (Å²) in [5.74, 6) is 0.0484. The number of rotatable bonds is 8. The van der Waals surface area contributed by atoms with Gasteiger partial charge in [-0.15, -0.1) is 0 Å². The predicted octanol–water partition coefficient (Wildman–Crippen LogP) is 4.45. The van der Waals surface area contributed by atoms with Crippen molar-refractivity contribution in [1.29, 1.82) is 0 Å². The fourth-order valence-electron chi connectivity index (χ4n) is 4.35. The van der Waals surface area contributed by atoms with Crippen molar-refractivity contribution in [2.24, 2.45) is 7.05 Å². The number of anilines is 1. The third-order valence-corrected chi connectivity index (χ3v) is 8.61. The molecule has 3 aromatic rings. The Hall–Kier alpha value is -3.57. The maximum Gasteiger partial charge on any atom is 0.258 e. The number of nitrogens with one attached hydrogen (secondary N) is 1. The summed E-state index contributed by atoms with van der Waals surface area (Å²) in [7, 11) is 3.41. The molecule has 38 heavy (non-hydrogen) atoms. The second kappa shape index (κ2) is 11.9. The van der Waals surface area contributed by atoms with E-state index < -0.39 is 0 Å². The Morgan fingerprint density at radius 3 is 2.76 bits per heavy atom. The number of hydrogen-bond donors (Lipinski definition) is 1. The highest BCUT2D eigenvalue weighted by molar-refractivity contribution is 8.01. The van der Waals surface area contributed by atoms with Crippen molar-refractivity contribution < 1.29 is 19.1 Å². The molecular formula is C27H31N5O4S2. The number of benzene rings is 1. The van der Waals surface area contributed by atoms with Crippen LogP contribution in [-0.4, -0.2) is 69.9 Å². The van der Waals surface area contributed by atoms with Crippen LogP contribution in [0.25, 0.3) is 0 Å². The Bertz CT molecular complexity index is 1370. The van der Waals surface area contributed by atoms with Crippen molar-refractivity contribution in [3.05, 3.63) is 66.1 Å². The molecule has 0 saturated carbocycles. The molecule has 3 amide bonds. The van der Waals surface area contributed by atoms with E-state index in [9.17, 15) is 14.4 Å². The van der Waals surface area contributed by atoms with E-state index in [1.54, 1.807) is 35.4 Å². The maximum atomic E-state index is 13.6. The molecule has 1 N–H and O–H groups in total. The molecule has 0 spiro atoms. The van der Waals surface area contributed by atoms with Gasteiger partial charge in [0.05, 0.1) is 28.6 Å². The lowest BCUT2D eigenvalue weighted by atomic mass is 10.1. The lowest BCUT2D eigenvalue weighted by molar-refractivity contribution is -0.130. The van der Waals surface area contributed by atoms with E-state index in [1.807, 2.05) is 43.8 Å². The van der Waals surface area contributed by atoms with Gasteiger partial charge in [-0.3, -0.25) is 19.7 Å². The zero-order valence-electron chi connectivity index (χ0n) is 21.9. The Labute approximate surface area is 230 Å². The van der Waals surface area contributed by atoms with E-state index in [1.165, 1.54) is 29.2 Å². The largest absolute Gasteiger partial charge is 0.496 e. The molecule has 2 aromatic heterocycles. The Balaban J connectivity index is 1.51. The standard InChI is InChI=1S/C27H31N5O4S2/c1-6-19-16-31(10-11-32(19)23(33)7-2)26(35)20-13-22(17(3)12-21(20)36-5)37-24-14-28-27(38-24)29-25(34)18-8-9-30(4)15-18/h7-9,12-15,19H,2,6,10-11,16H2,1,3-5H3,(H,28,29,34). The van der Waals surface area contributed by atoms with Crippen LogP contribution in [0, 0.1) is 6.92 Å². The maximum absolute atomic E-state index is 13.6. The Morgan fingerprint density at radius 2 is 2.11 bits per heavy atom. The summed E-state index contributed by atoms with van der Waals surface area (Å²) in [6.45, 7) is 8.92. The highest BCUT2D eigenvalue weighted by Gasteiger charge is 2.32. The van der Waals surface area contributed by atoms with Crippen molar-refractivity contribution in [3.63, 3.8) is 0 Å². The van der Waals surface area contributed by atoms with Crippen LogP contribution in [0.4, 0.5) is 5.13 Å². The number of hydrogen-bond acceptors (Lipinski definition) is 7. The molecule has 0 radical (unpaired) electrons. The normalized spacial score (nSPS) is 15.3. The monoisotopic (exact) mass is 553 g/mol. The third kappa shape index (κ3) is 5.94. The van der Waals surface area contributed by atoms with Gasteiger partial charge in [0.15, 0.2) is 5.13 Å². The summed E-state index contributed by atoms with van der Waals surface area (Å²) in [5.41, 5.74) is 1.99. The quantitative estimate of drug-likeness (QED) is 0.414. The van der Waals surface area contributed by atoms with Gasteiger partial charge in [-0.1, -0.05) is 36.6 Å². The van der Waals surface area contributed by atoms with E-state index >= 15 is 0 Å². The molecule has 200 valence electrons. The first-order valence-electron chi connectivity index (χ1n) is 12.2. The number of thiazole rings is 1. The third-order valence-electron chi connectivity index (χ3n) is 6.44. The van der Waals surface area contributed by atoms with Crippen LogP contribution in [0.3, 0.4) is 0 Å². The minimum absolute atomic E-state index is 0.0646. The number of carbonyl (C=O) groups excluding carboxylic acids is 3. The number of ether oxygens (including phenoxy) is 1. The zero-order chi connectivity index (χ0) is 27.4. The predicted molar refractivity (Wildman–Crippen MR) is 149 cm³/mol. The second-order valence-electron chi connectivity index (χ2n) is 8.97. The molecule has 1 saturated heterocycles. The van der Waals surface area contributed by atoms with Crippen LogP contribution >= 0.6 is 23.1 Å². The van der Waals surface area contributed by atoms with E-state index in [0.29, 0.717) is 41.6 Å². The minimum atomic E-state index is -0.217. The number of aromatic nitrogens is 2. The number of nitrogens with zero attached hydrogens (tertiary/aromatic N) is 4. The van der Waals surface area contributed by atoms with E-state index in [4.69, 9.17) is 4.74 Å². The van der Waals surface area contributed by atoms with Gasteiger partial charge in [-0.05, 0) is 43.2 Å². The zero-order valence-corrected chi connectivity index (χ0v) is 23.5. The molecule has 1 aliphatic heterocycles. The van der Waals surface area contributed by atoms with Crippen molar-refractivity contribution in [3.8, 4) is 5.75 Å². The van der Waals surface area contributed by atoms with Crippen molar-refractivity contribution in [2.75, 3.05) is 32.1 Å². The number of methoxy groups -OCH3 is 1. The Morgan fingerprint density at radius 1 is 1.32 bits per heavy atom. The van der Waals surface area contributed by atoms with E-state index in [-0.39, 0.29) is 23.8 Å². The number of carbonyl (C=O) groups is 3. The fourth-order valence-corrected chi connectivity index (χ4v) is 6.29. The summed E-state index contributed by atoms with van der Waals surface area (Å²) in [6.07, 6.45) is 7.33. The van der Waals surface area contributed by atoms with Gasteiger partial charge < -0.3 is 19.1 Å². The van der Waals surface area contributed by atoms with Crippen LogP contribution < -0.4 is 10.1 Å². The summed E-state index contributed by atoms with van der Waals surface area (Å²) in [4.78, 5) is 47.1. The van der Waals surface area contributed by atoms with Crippen LogP contribution in [0.1, 0.15) is 39.6 Å². The average Bonchev–Trinajstić information content (AvgIpc) is 3.56. The topological polar surface area (TPSA) is 96.8 Å². The van der Waals surface area contributed by atoms with Gasteiger partial charge in [0.1, 0.15) is 5.75 Å². The van der Waals surface area contributed by atoms with Gasteiger partial charge in [-0.2, -0.15) is 0 Å². The molecule has 1 unspecified atom stereocenters. The molecule has 1 aromatic carbocycles. The molecule has 1 atom stereocenters. The fraction of sp³-hybridized carbons (Fsp3) is 0.333. The molecule has 9 nitrogen and oxygen atoms in total. The lowest BCUT2D eigenvalue weighted by Crippen LogP contribution is -2.56. The highest BCUT2D eigenvalue weighted by Crippen LogP contribution is 2.38. The van der Waals surface area contributed by atoms with Gasteiger partial charge >= 0.3 is 0 Å². The van der Waals surface area contributed by atoms with E-state index in [0.717, 1.165) is 21.1 Å². The average molecular weight is 554 g/mol. The number of amides is 3. The van der Waals surface area contributed by atoms with Gasteiger partial charge in [0.2, 0.25) is 5.91 Å². The first kappa shape index (κ1) is 27.5.